The van der Waals surface area contributed by atoms with Crippen LogP contribution in [0.25, 0.3) is 0 Å². The Morgan fingerprint density at radius 2 is 1.60 bits per heavy atom. The van der Waals surface area contributed by atoms with Crippen LogP contribution in [0.4, 0.5) is 0 Å². The second kappa shape index (κ2) is 7.36. The van der Waals surface area contributed by atoms with Gasteiger partial charge in [0.15, 0.2) is 5.11 Å². The summed E-state index contributed by atoms with van der Waals surface area (Å²) in [7, 11) is 0. The van der Waals surface area contributed by atoms with Crippen molar-refractivity contribution in [2.24, 2.45) is 5.10 Å². The molecule has 1 heterocycles. The molecule has 0 bridgehead atoms. The zero-order valence-corrected chi connectivity index (χ0v) is 15.1. The van der Waals surface area contributed by atoms with Crippen molar-refractivity contribution < 1.29 is 0 Å². The Morgan fingerprint density at radius 1 is 0.960 bits per heavy atom. The van der Waals surface area contributed by atoms with E-state index >= 15 is 0 Å². The first-order valence-electron chi connectivity index (χ1n) is 9.09. The highest BCUT2D eigenvalue weighted by Gasteiger charge is 2.32. The van der Waals surface area contributed by atoms with E-state index in [4.69, 9.17) is 17.3 Å². The number of nitrogens with zero attached hydrogens (tertiary/aromatic N) is 2. The fraction of sp³-hybridized carbons (Fsp3) is 0.333. The van der Waals surface area contributed by atoms with Gasteiger partial charge in [0.1, 0.15) is 0 Å². The number of thiocarbonyl (C=S) groups is 1. The van der Waals surface area contributed by atoms with Gasteiger partial charge in [0, 0.05) is 12.5 Å². The first-order valence-corrected chi connectivity index (χ1v) is 9.49. The van der Waals surface area contributed by atoms with Gasteiger partial charge < -0.3 is 5.32 Å². The Balaban J connectivity index is 1.60. The van der Waals surface area contributed by atoms with Crippen LogP contribution >= 0.6 is 12.2 Å². The van der Waals surface area contributed by atoms with Gasteiger partial charge in [-0.15, -0.1) is 0 Å². The second-order valence-electron chi connectivity index (χ2n) is 6.82. The normalized spacial score (nSPS) is 20.6. The molecule has 3 nitrogen and oxygen atoms in total. The summed E-state index contributed by atoms with van der Waals surface area (Å²) in [6.07, 6.45) is 5.88. The molecule has 25 heavy (non-hydrogen) atoms. The highest BCUT2D eigenvalue weighted by molar-refractivity contribution is 7.80. The van der Waals surface area contributed by atoms with E-state index in [2.05, 4.69) is 59.9 Å². The monoisotopic (exact) mass is 349 g/mol. The summed E-state index contributed by atoms with van der Waals surface area (Å²) >= 11 is 5.74. The quantitative estimate of drug-likeness (QED) is 0.817. The van der Waals surface area contributed by atoms with Gasteiger partial charge in [0.25, 0.3) is 0 Å². The lowest BCUT2D eigenvalue weighted by molar-refractivity contribution is 0.358. The molecule has 128 valence electrons. The summed E-state index contributed by atoms with van der Waals surface area (Å²) in [4.78, 5) is 0. The van der Waals surface area contributed by atoms with Crippen molar-refractivity contribution in [2.45, 2.75) is 44.2 Å². The molecule has 2 aromatic carbocycles. The van der Waals surface area contributed by atoms with Gasteiger partial charge in [-0.05, 0) is 36.2 Å². The molecule has 1 N–H and O–H groups in total. The number of hydrazone groups is 1. The largest absolute Gasteiger partial charge is 0.358 e. The van der Waals surface area contributed by atoms with E-state index in [1.807, 2.05) is 11.1 Å². The third-order valence-corrected chi connectivity index (χ3v) is 5.40. The fourth-order valence-corrected chi connectivity index (χ4v) is 4.08. The number of nitrogens with one attached hydrogen (secondary N) is 1. The number of hydrogen-bond donors (Lipinski definition) is 1. The minimum absolute atomic E-state index is 0.165. The highest BCUT2D eigenvalue weighted by atomic mass is 32.1. The average molecular weight is 350 g/mol. The van der Waals surface area contributed by atoms with Crippen LogP contribution in [0.15, 0.2) is 65.8 Å². The molecule has 1 unspecified atom stereocenters. The molecule has 1 atom stereocenters. The first kappa shape index (κ1) is 16.3. The Bertz CT molecular complexity index is 751. The van der Waals surface area contributed by atoms with Crippen LogP contribution in [0.3, 0.4) is 0 Å². The molecule has 0 spiro atoms. The van der Waals surface area contributed by atoms with Crippen molar-refractivity contribution in [3.8, 4) is 0 Å². The van der Waals surface area contributed by atoms with Crippen LogP contribution in [0.2, 0.25) is 0 Å². The number of benzene rings is 2. The van der Waals surface area contributed by atoms with Gasteiger partial charge in [0.2, 0.25) is 0 Å². The molecule has 1 aliphatic heterocycles. The molecule has 1 saturated carbocycles. The Morgan fingerprint density at radius 3 is 2.28 bits per heavy atom. The molecule has 4 rings (SSSR count). The maximum absolute atomic E-state index is 5.74. The third kappa shape index (κ3) is 3.59. The maximum atomic E-state index is 5.74. The molecular weight excluding hydrogens is 326 g/mol. The van der Waals surface area contributed by atoms with E-state index in [0.29, 0.717) is 6.04 Å². The van der Waals surface area contributed by atoms with E-state index in [1.54, 1.807) is 0 Å². The van der Waals surface area contributed by atoms with E-state index < -0.39 is 0 Å². The van der Waals surface area contributed by atoms with Crippen molar-refractivity contribution in [3.63, 3.8) is 0 Å². The molecular formula is C21H23N3S. The molecule has 0 saturated heterocycles. The van der Waals surface area contributed by atoms with Crippen molar-refractivity contribution >= 4 is 23.0 Å². The summed E-state index contributed by atoms with van der Waals surface area (Å²) in [5, 5.41) is 11.2. The lowest BCUT2D eigenvalue weighted by atomic mass is 9.99. The smallest absolute Gasteiger partial charge is 0.190 e. The van der Waals surface area contributed by atoms with Gasteiger partial charge in [0.05, 0.1) is 11.8 Å². The van der Waals surface area contributed by atoms with Crippen molar-refractivity contribution in [3.05, 3.63) is 71.8 Å². The standard InChI is InChI=1S/C21H23N3S/c25-21(22-18-13-7-8-14-18)24-20(17-11-5-2-6-12-17)15-19(23-24)16-9-3-1-4-10-16/h1-6,9-12,18,20H,7-8,13-15H2,(H,22,25). The predicted octanol–water partition coefficient (Wildman–Crippen LogP) is 4.65. The Kier molecular flexibility index (Phi) is 4.79. The topological polar surface area (TPSA) is 27.6 Å². The Hall–Kier alpha value is -2.20. The van der Waals surface area contributed by atoms with Gasteiger partial charge in [-0.1, -0.05) is 73.5 Å². The van der Waals surface area contributed by atoms with Crippen LogP contribution in [-0.4, -0.2) is 21.9 Å². The molecule has 0 radical (unpaired) electrons. The third-order valence-electron chi connectivity index (χ3n) is 5.09. The summed E-state index contributed by atoms with van der Waals surface area (Å²) < 4.78 is 0. The SMILES string of the molecule is S=C(NC1CCCC1)N1N=C(c2ccccc2)CC1c1ccccc1. The van der Waals surface area contributed by atoms with Crippen LogP contribution in [0, 0.1) is 0 Å². The zero-order valence-electron chi connectivity index (χ0n) is 14.3. The predicted molar refractivity (Wildman–Crippen MR) is 107 cm³/mol. The molecule has 0 amide bonds. The number of hydrogen-bond acceptors (Lipinski definition) is 2. The molecule has 1 aliphatic carbocycles. The lowest BCUT2D eigenvalue weighted by Crippen LogP contribution is -2.41. The van der Waals surface area contributed by atoms with E-state index in [0.717, 1.165) is 17.2 Å². The van der Waals surface area contributed by atoms with Gasteiger partial charge in [-0.25, -0.2) is 5.01 Å². The van der Waals surface area contributed by atoms with Gasteiger partial charge in [-0.3, -0.25) is 0 Å². The lowest BCUT2D eigenvalue weighted by Gasteiger charge is -2.26. The fourth-order valence-electron chi connectivity index (χ4n) is 3.75. The Labute approximate surface area is 154 Å². The molecule has 2 aromatic rings. The van der Waals surface area contributed by atoms with E-state index in [1.165, 1.54) is 36.8 Å². The molecule has 1 fully saturated rings. The molecule has 0 aromatic heterocycles. The minimum atomic E-state index is 0.165. The van der Waals surface area contributed by atoms with Crippen LogP contribution in [-0.2, 0) is 0 Å². The summed E-state index contributed by atoms with van der Waals surface area (Å²) in [5.74, 6) is 0. The summed E-state index contributed by atoms with van der Waals surface area (Å²) in [6.45, 7) is 0. The number of rotatable bonds is 3. The zero-order chi connectivity index (χ0) is 17.1. The average Bonchev–Trinajstić information content (AvgIpc) is 3.33. The molecule has 2 aliphatic rings. The van der Waals surface area contributed by atoms with Crippen LogP contribution in [0.1, 0.15) is 49.3 Å². The molecule has 4 heteroatoms. The van der Waals surface area contributed by atoms with Crippen molar-refractivity contribution in [2.75, 3.05) is 0 Å². The first-order chi connectivity index (χ1) is 12.3. The van der Waals surface area contributed by atoms with Crippen LogP contribution in [0.5, 0.6) is 0 Å². The second-order valence-corrected chi connectivity index (χ2v) is 7.21. The van der Waals surface area contributed by atoms with Gasteiger partial charge in [-0.2, -0.15) is 5.10 Å². The van der Waals surface area contributed by atoms with Crippen molar-refractivity contribution in [1.82, 2.24) is 10.3 Å². The van der Waals surface area contributed by atoms with E-state index in [-0.39, 0.29) is 6.04 Å². The van der Waals surface area contributed by atoms with Crippen LogP contribution < -0.4 is 5.32 Å². The summed E-state index contributed by atoms with van der Waals surface area (Å²) in [5.41, 5.74) is 3.53. The maximum Gasteiger partial charge on any atom is 0.190 e. The minimum Gasteiger partial charge on any atom is -0.358 e. The van der Waals surface area contributed by atoms with Gasteiger partial charge >= 0.3 is 0 Å². The van der Waals surface area contributed by atoms with Crippen molar-refractivity contribution in [1.29, 1.82) is 0 Å². The summed E-state index contributed by atoms with van der Waals surface area (Å²) in [6, 6.07) is 21.6. The highest BCUT2D eigenvalue weighted by Crippen LogP contribution is 2.33. The van der Waals surface area contributed by atoms with E-state index in [9.17, 15) is 0 Å².